The van der Waals surface area contributed by atoms with E-state index in [9.17, 15) is 5.26 Å². The quantitative estimate of drug-likeness (QED) is 0.802. The van der Waals surface area contributed by atoms with Gasteiger partial charge in [-0.25, -0.2) is 0 Å². The van der Waals surface area contributed by atoms with Gasteiger partial charge in [0.2, 0.25) is 0 Å². The molecule has 0 saturated carbocycles. The van der Waals surface area contributed by atoms with E-state index in [1.165, 1.54) is 0 Å². The van der Waals surface area contributed by atoms with Gasteiger partial charge in [0.25, 0.3) is 0 Å². The Balaban J connectivity index is 2.25. The molecule has 1 heterocycles. The van der Waals surface area contributed by atoms with Crippen molar-refractivity contribution in [3.05, 3.63) is 29.3 Å². The van der Waals surface area contributed by atoms with Gasteiger partial charge in [0.05, 0.1) is 11.3 Å². The topological polar surface area (TPSA) is 30.3 Å². The first kappa shape index (κ1) is 14.4. The number of likely N-dealkylation sites (N-methyl/N-ethyl adjacent to an activating group) is 1. The van der Waals surface area contributed by atoms with Crippen LogP contribution in [0.25, 0.3) is 0 Å². The van der Waals surface area contributed by atoms with E-state index in [-0.39, 0.29) is 0 Å². The van der Waals surface area contributed by atoms with Crippen LogP contribution in [0.4, 0.5) is 5.69 Å². The Morgan fingerprint density at radius 1 is 1.42 bits per heavy atom. The lowest BCUT2D eigenvalue weighted by Gasteiger charge is -2.40. The second-order valence-corrected chi connectivity index (χ2v) is 5.65. The lowest BCUT2D eigenvalue weighted by atomic mass is 10.1. The number of rotatable bonds is 3. The summed E-state index contributed by atoms with van der Waals surface area (Å²) in [5, 5.41) is 10.1. The third-order valence-electron chi connectivity index (χ3n) is 3.92. The Labute approximate surface area is 123 Å². The Bertz CT molecular complexity index is 481. The fourth-order valence-electron chi connectivity index (χ4n) is 2.64. The Morgan fingerprint density at radius 2 is 2.21 bits per heavy atom. The monoisotopic (exact) mass is 321 g/mol. The molecule has 1 aromatic rings. The van der Waals surface area contributed by atoms with E-state index in [0.29, 0.717) is 6.04 Å². The number of nitriles is 1. The average Bonchev–Trinajstić information content (AvgIpc) is 2.47. The number of piperazine rings is 1. The van der Waals surface area contributed by atoms with E-state index < -0.39 is 0 Å². The molecule has 1 atom stereocenters. The minimum absolute atomic E-state index is 0.580. The van der Waals surface area contributed by atoms with Gasteiger partial charge in [-0.2, -0.15) is 5.26 Å². The molecule has 1 aliphatic heterocycles. The van der Waals surface area contributed by atoms with Crippen LogP contribution in [0.1, 0.15) is 24.5 Å². The normalized spacial score (nSPS) is 20.3. The molecule has 1 saturated heterocycles. The van der Waals surface area contributed by atoms with Crippen molar-refractivity contribution in [2.45, 2.75) is 24.7 Å². The highest BCUT2D eigenvalue weighted by Gasteiger charge is 2.24. The maximum atomic E-state index is 9.34. The molecular weight excluding hydrogens is 302 g/mol. The van der Waals surface area contributed by atoms with Gasteiger partial charge in [-0.3, -0.25) is 4.90 Å². The van der Waals surface area contributed by atoms with Gasteiger partial charge in [-0.15, -0.1) is 0 Å². The smallest absolute Gasteiger partial charge is 0.101 e. The van der Waals surface area contributed by atoms with Crippen molar-refractivity contribution in [3.8, 4) is 6.07 Å². The second kappa shape index (κ2) is 6.40. The molecule has 1 aromatic carbocycles. The van der Waals surface area contributed by atoms with Crippen LogP contribution in [0, 0.1) is 11.3 Å². The van der Waals surface area contributed by atoms with Crippen LogP contribution in [0.5, 0.6) is 0 Å². The molecule has 2 rings (SSSR count). The molecule has 0 aromatic heterocycles. The van der Waals surface area contributed by atoms with Gasteiger partial charge in [-0.1, -0.05) is 28.9 Å². The summed E-state index contributed by atoms with van der Waals surface area (Å²) in [5.74, 6) is 0. The number of benzene rings is 1. The summed E-state index contributed by atoms with van der Waals surface area (Å²) in [4.78, 5) is 4.76. The number of hydrogen-bond acceptors (Lipinski definition) is 3. The third kappa shape index (κ3) is 3.10. The van der Waals surface area contributed by atoms with Crippen molar-refractivity contribution >= 4 is 21.6 Å². The average molecular weight is 322 g/mol. The summed E-state index contributed by atoms with van der Waals surface area (Å²) in [7, 11) is 2.19. The van der Waals surface area contributed by atoms with E-state index >= 15 is 0 Å². The molecule has 0 radical (unpaired) electrons. The van der Waals surface area contributed by atoms with E-state index in [2.05, 4.69) is 57.9 Å². The zero-order valence-electron chi connectivity index (χ0n) is 11.6. The first-order valence-electron chi connectivity index (χ1n) is 6.73. The first-order chi connectivity index (χ1) is 9.19. The molecule has 4 heteroatoms. The highest BCUT2D eigenvalue weighted by molar-refractivity contribution is 9.08. The van der Waals surface area contributed by atoms with Crippen molar-refractivity contribution in [3.63, 3.8) is 0 Å². The summed E-state index contributed by atoms with van der Waals surface area (Å²) >= 11 is 3.44. The first-order valence-corrected chi connectivity index (χ1v) is 7.86. The molecule has 19 heavy (non-hydrogen) atoms. The van der Waals surface area contributed by atoms with Crippen molar-refractivity contribution in [1.82, 2.24) is 4.90 Å². The summed E-state index contributed by atoms with van der Waals surface area (Å²) in [5.41, 5.74) is 3.02. The highest BCUT2D eigenvalue weighted by Crippen LogP contribution is 2.25. The third-order valence-corrected chi connectivity index (χ3v) is 4.57. The number of nitrogens with zero attached hydrogens (tertiary/aromatic N) is 3. The zero-order chi connectivity index (χ0) is 13.8. The molecule has 1 aliphatic rings. The molecular formula is C15H20BrN3. The number of halogens is 1. The van der Waals surface area contributed by atoms with Gasteiger partial charge < -0.3 is 4.90 Å². The predicted octanol–water partition coefficient (Wildman–Crippen LogP) is 2.98. The highest BCUT2D eigenvalue weighted by atomic mass is 79.9. The maximum Gasteiger partial charge on any atom is 0.101 e. The molecule has 0 aliphatic carbocycles. The molecule has 0 amide bonds. The minimum atomic E-state index is 0.580. The fourth-order valence-corrected chi connectivity index (χ4v) is 2.99. The Hall–Kier alpha value is -1.05. The molecule has 0 bridgehead atoms. The van der Waals surface area contributed by atoms with Gasteiger partial charge in [0.15, 0.2) is 0 Å². The lowest BCUT2D eigenvalue weighted by molar-refractivity contribution is 0.213. The Morgan fingerprint density at radius 3 is 2.84 bits per heavy atom. The predicted molar refractivity (Wildman–Crippen MR) is 82.7 cm³/mol. The van der Waals surface area contributed by atoms with Crippen LogP contribution in [0.3, 0.4) is 0 Å². The largest absolute Gasteiger partial charge is 0.368 e. The molecule has 0 spiro atoms. The van der Waals surface area contributed by atoms with E-state index in [0.717, 1.165) is 48.2 Å². The maximum absolute atomic E-state index is 9.34. The van der Waals surface area contributed by atoms with Crippen LogP contribution >= 0.6 is 15.9 Å². The molecule has 1 unspecified atom stereocenters. The summed E-state index contributed by atoms with van der Waals surface area (Å²) in [6.07, 6.45) is 1.15. The van der Waals surface area contributed by atoms with Gasteiger partial charge in [0.1, 0.15) is 6.07 Å². The van der Waals surface area contributed by atoms with Crippen LogP contribution in [0.15, 0.2) is 18.2 Å². The van der Waals surface area contributed by atoms with E-state index in [1.54, 1.807) is 0 Å². The van der Waals surface area contributed by atoms with Crippen molar-refractivity contribution in [1.29, 1.82) is 5.26 Å². The fraction of sp³-hybridized carbons (Fsp3) is 0.533. The standard InChI is InChI=1S/C15H20BrN3/c1-3-14-11-19(7-6-18(14)2)15-5-4-12(9-16)8-13(15)10-17/h4-5,8,14H,3,6-7,9,11H2,1-2H3. The lowest BCUT2D eigenvalue weighted by Crippen LogP contribution is -2.51. The van der Waals surface area contributed by atoms with Crippen molar-refractivity contribution in [2.24, 2.45) is 0 Å². The number of alkyl halides is 1. The molecule has 1 fully saturated rings. The summed E-state index contributed by atoms with van der Waals surface area (Å²) in [6.45, 7) is 5.29. The Kier molecular flexibility index (Phi) is 4.84. The van der Waals surface area contributed by atoms with E-state index in [1.807, 2.05) is 6.07 Å². The summed E-state index contributed by atoms with van der Waals surface area (Å²) in [6, 6.07) is 9.10. The number of hydrogen-bond donors (Lipinski definition) is 0. The molecule has 102 valence electrons. The van der Waals surface area contributed by atoms with E-state index in [4.69, 9.17) is 0 Å². The number of anilines is 1. The van der Waals surface area contributed by atoms with Crippen LogP contribution in [0.2, 0.25) is 0 Å². The van der Waals surface area contributed by atoms with Gasteiger partial charge in [-0.05, 0) is 31.2 Å². The van der Waals surface area contributed by atoms with Crippen LogP contribution in [-0.2, 0) is 5.33 Å². The van der Waals surface area contributed by atoms with Gasteiger partial charge >= 0.3 is 0 Å². The van der Waals surface area contributed by atoms with Crippen LogP contribution in [-0.4, -0.2) is 37.6 Å². The van der Waals surface area contributed by atoms with Gasteiger partial charge in [0, 0.05) is 31.0 Å². The summed E-state index contributed by atoms with van der Waals surface area (Å²) < 4.78 is 0. The zero-order valence-corrected chi connectivity index (χ0v) is 13.2. The SMILES string of the molecule is CCC1CN(c2ccc(CBr)cc2C#N)CCN1C. The minimum Gasteiger partial charge on any atom is -0.368 e. The van der Waals surface area contributed by atoms with Crippen molar-refractivity contribution < 1.29 is 0 Å². The molecule has 3 nitrogen and oxygen atoms in total. The van der Waals surface area contributed by atoms with Crippen molar-refractivity contribution in [2.75, 3.05) is 31.6 Å². The second-order valence-electron chi connectivity index (χ2n) is 5.09. The molecule has 0 N–H and O–H groups in total. The van der Waals surface area contributed by atoms with Crippen LogP contribution < -0.4 is 4.90 Å².